The van der Waals surface area contributed by atoms with Gasteiger partial charge >= 0.3 is 0 Å². The van der Waals surface area contributed by atoms with Crippen molar-refractivity contribution in [2.45, 2.75) is 19.2 Å². The summed E-state index contributed by atoms with van der Waals surface area (Å²) in [6.45, 7) is 5.66. The molecule has 0 bridgehead atoms. The maximum absolute atomic E-state index is 5.87. The van der Waals surface area contributed by atoms with E-state index in [-0.39, 0.29) is 0 Å². The van der Waals surface area contributed by atoms with Crippen LogP contribution in [0.15, 0.2) is 60.7 Å². The monoisotopic (exact) mass is 296 g/mol. The fraction of sp³-hybridized carbons (Fsp3) is 0.368. The van der Waals surface area contributed by atoms with E-state index in [4.69, 9.17) is 4.74 Å². The summed E-state index contributed by atoms with van der Waals surface area (Å²) in [5, 5.41) is 3.55. The van der Waals surface area contributed by atoms with E-state index >= 15 is 0 Å². The topological polar surface area (TPSA) is 24.5 Å². The van der Waals surface area contributed by atoms with Gasteiger partial charge < -0.3 is 10.1 Å². The molecule has 0 spiro atoms. The third-order valence-electron chi connectivity index (χ3n) is 4.02. The molecule has 1 heterocycles. The molecule has 0 saturated carbocycles. The van der Waals surface area contributed by atoms with E-state index in [2.05, 4.69) is 64.8 Å². The lowest BCUT2D eigenvalue weighted by Crippen LogP contribution is -2.52. The van der Waals surface area contributed by atoms with Crippen LogP contribution in [0.25, 0.3) is 0 Å². The van der Waals surface area contributed by atoms with Gasteiger partial charge in [0.2, 0.25) is 0 Å². The molecular weight excluding hydrogens is 272 g/mol. The van der Waals surface area contributed by atoms with Gasteiger partial charge in [-0.1, -0.05) is 60.7 Å². The smallest absolute Gasteiger partial charge is 0.0717 e. The molecule has 1 atom stereocenters. The van der Waals surface area contributed by atoms with Crippen LogP contribution in [0.5, 0.6) is 0 Å². The Bertz CT molecular complexity index is 544. The van der Waals surface area contributed by atoms with Crippen LogP contribution < -0.4 is 5.32 Å². The molecule has 1 aliphatic rings. The summed E-state index contributed by atoms with van der Waals surface area (Å²) in [6.07, 6.45) is 0. The third kappa shape index (κ3) is 4.67. The van der Waals surface area contributed by atoms with Crippen LogP contribution in [0.4, 0.5) is 0 Å². The molecule has 2 aromatic carbocycles. The molecule has 0 radical (unpaired) electrons. The first kappa shape index (κ1) is 15.2. The SMILES string of the molecule is c1ccc(COCC2CN(Cc3ccccc3)CCN2)cc1. The first-order chi connectivity index (χ1) is 10.9. The average Bonchev–Trinajstić information content (AvgIpc) is 2.57. The van der Waals surface area contributed by atoms with Crippen molar-refractivity contribution >= 4 is 0 Å². The summed E-state index contributed by atoms with van der Waals surface area (Å²) in [6, 6.07) is 21.5. The Hall–Kier alpha value is -1.68. The Balaban J connectivity index is 1.42. The first-order valence-electron chi connectivity index (χ1n) is 8.01. The van der Waals surface area contributed by atoms with E-state index in [0.717, 1.165) is 32.8 Å². The van der Waals surface area contributed by atoms with Crippen LogP contribution >= 0.6 is 0 Å². The van der Waals surface area contributed by atoms with Gasteiger partial charge in [0.25, 0.3) is 0 Å². The van der Waals surface area contributed by atoms with Crippen LogP contribution in [0, 0.1) is 0 Å². The lowest BCUT2D eigenvalue weighted by atomic mass is 10.1. The van der Waals surface area contributed by atoms with Gasteiger partial charge in [-0.05, 0) is 11.1 Å². The third-order valence-corrected chi connectivity index (χ3v) is 4.02. The minimum atomic E-state index is 0.418. The second-order valence-corrected chi connectivity index (χ2v) is 5.87. The Kier molecular flexibility index (Phi) is 5.59. The summed E-state index contributed by atoms with van der Waals surface area (Å²) in [7, 11) is 0. The van der Waals surface area contributed by atoms with Gasteiger partial charge in [-0.25, -0.2) is 0 Å². The van der Waals surface area contributed by atoms with Gasteiger partial charge in [0.05, 0.1) is 13.2 Å². The zero-order valence-corrected chi connectivity index (χ0v) is 12.9. The van der Waals surface area contributed by atoms with Crippen LogP contribution in [0.1, 0.15) is 11.1 Å². The number of benzene rings is 2. The molecule has 3 heteroatoms. The van der Waals surface area contributed by atoms with E-state index < -0.39 is 0 Å². The molecule has 1 aliphatic heterocycles. The highest BCUT2D eigenvalue weighted by molar-refractivity contribution is 5.15. The van der Waals surface area contributed by atoms with Gasteiger partial charge in [-0.15, -0.1) is 0 Å². The maximum atomic E-state index is 5.87. The normalized spacial score (nSPS) is 19.2. The molecule has 0 aromatic heterocycles. The van der Waals surface area contributed by atoms with Gasteiger partial charge in [-0.2, -0.15) is 0 Å². The Morgan fingerprint density at radius 2 is 1.64 bits per heavy atom. The molecule has 0 aliphatic carbocycles. The lowest BCUT2D eigenvalue weighted by molar-refractivity contribution is 0.0702. The average molecular weight is 296 g/mol. The fourth-order valence-corrected chi connectivity index (χ4v) is 2.88. The highest BCUT2D eigenvalue weighted by atomic mass is 16.5. The first-order valence-corrected chi connectivity index (χ1v) is 8.01. The van der Waals surface area contributed by atoms with E-state index in [0.29, 0.717) is 12.6 Å². The van der Waals surface area contributed by atoms with Gasteiger partial charge in [-0.3, -0.25) is 4.90 Å². The molecule has 1 fully saturated rings. The van der Waals surface area contributed by atoms with Crippen molar-refractivity contribution in [3.63, 3.8) is 0 Å². The zero-order valence-electron chi connectivity index (χ0n) is 12.9. The minimum Gasteiger partial charge on any atom is -0.375 e. The zero-order chi connectivity index (χ0) is 15.0. The highest BCUT2D eigenvalue weighted by Crippen LogP contribution is 2.08. The summed E-state index contributed by atoms with van der Waals surface area (Å²) < 4.78 is 5.87. The van der Waals surface area contributed by atoms with Gasteiger partial charge in [0.15, 0.2) is 0 Å². The van der Waals surface area contributed by atoms with Crippen molar-refractivity contribution in [1.29, 1.82) is 0 Å². The summed E-state index contributed by atoms with van der Waals surface area (Å²) in [5.41, 5.74) is 2.62. The summed E-state index contributed by atoms with van der Waals surface area (Å²) >= 11 is 0. The second kappa shape index (κ2) is 8.08. The number of hydrogen-bond acceptors (Lipinski definition) is 3. The molecular formula is C19H24N2O. The van der Waals surface area contributed by atoms with Crippen LogP contribution in [0.3, 0.4) is 0 Å². The van der Waals surface area contributed by atoms with Crippen molar-refractivity contribution in [1.82, 2.24) is 10.2 Å². The Morgan fingerprint density at radius 3 is 2.36 bits per heavy atom. The summed E-state index contributed by atoms with van der Waals surface area (Å²) in [4.78, 5) is 2.50. The van der Waals surface area contributed by atoms with Crippen molar-refractivity contribution in [2.75, 3.05) is 26.2 Å². The summed E-state index contributed by atoms with van der Waals surface area (Å²) in [5.74, 6) is 0. The predicted molar refractivity (Wildman–Crippen MR) is 89.6 cm³/mol. The molecule has 1 unspecified atom stereocenters. The van der Waals surface area contributed by atoms with E-state index in [1.54, 1.807) is 0 Å². The predicted octanol–water partition coefficient (Wildman–Crippen LogP) is 2.68. The van der Waals surface area contributed by atoms with Crippen molar-refractivity contribution in [3.8, 4) is 0 Å². The lowest BCUT2D eigenvalue weighted by Gasteiger charge is -2.33. The number of ether oxygens (including phenoxy) is 1. The van der Waals surface area contributed by atoms with E-state index in [9.17, 15) is 0 Å². The van der Waals surface area contributed by atoms with Gasteiger partial charge in [0, 0.05) is 32.2 Å². The largest absolute Gasteiger partial charge is 0.375 e. The molecule has 1 N–H and O–H groups in total. The molecule has 1 saturated heterocycles. The second-order valence-electron chi connectivity index (χ2n) is 5.87. The van der Waals surface area contributed by atoms with E-state index in [1.165, 1.54) is 11.1 Å². The molecule has 3 nitrogen and oxygen atoms in total. The number of nitrogens with one attached hydrogen (secondary N) is 1. The van der Waals surface area contributed by atoms with Crippen LogP contribution in [0.2, 0.25) is 0 Å². The number of piperazine rings is 1. The standard InChI is InChI=1S/C19H24N2O/c1-3-7-17(8-4-1)13-21-12-11-20-19(14-21)16-22-15-18-9-5-2-6-10-18/h1-10,19-20H,11-16H2. The molecule has 22 heavy (non-hydrogen) atoms. The number of nitrogens with zero attached hydrogens (tertiary/aromatic N) is 1. The highest BCUT2D eigenvalue weighted by Gasteiger charge is 2.19. The number of hydrogen-bond donors (Lipinski definition) is 1. The fourth-order valence-electron chi connectivity index (χ4n) is 2.88. The van der Waals surface area contributed by atoms with Gasteiger partial charge in [0.1, 0.15) is 0 Å². The number of rotatable bonds is 6. The van der Waals surface area contributed by atoms with E-state index in [1.807, 2.05) is 6.07 Å². The minimum absolute atomic E-state index is 0.418. The van der Waals surface area contributed by atoms with Crippen molar-refractivity contribution in [2.24, 2.45) is 0 Å². The van der Waals surface area contributed by atoms with Crippen molar-refractivity contribution in [3.05, 3.63) is 71.8 Å². The molecule has 116 valence electrons. The Morgan fingerprint density at radius 1 is 0.955 bits per heavy atom. The molecule has 3 rings (SSSR count). The Labute approximate surface area is 132 Å². The molecule has 2 aromatic rings. The van der Waals surface area contributed by atoms with Crippen LogP contribution in [-0.4, -0.2) is 37.2 Å². The molecule has 0 amide bonds. The van der Waals surface area contributed by atoms with Crippen LogP contribution in [-0.2, 0) is 17.9 Å². The maximum Gasteiger partial charge on any atom is 0.0717 e. The quantitative estimate of drug-likeness (QED) is 0.887. The van der Waals surface area contributed by atoms with Crippen molar-refractivity contribution < 1.29 is 4.74 Å².